The summed E-state index contributed by atoms with van der Waals surface area (Å²) in [7, 11) is 2.69. The minimum absolute atomic E-state index is 0.120. The van der Waals surface area contributed by atoms with Gasteiger partial charge in [0.1, 0.15) is 0 Å². The van der Waals surface area contributed by atoms with Gasteiger partial charge in [0.25, 0.3) is 0 Å². The smallest absolute Gasteiger partial charge is 0.230 e. The molecule has 1 saturated carbocycles. The molecule has 1 aliphatic carbocycles. The molecular formula is C27H36N3O2P. The van der Waals surface area contributed by atoms with Crippen LogP contribution in [-0.2, 0) is 21.5 Å². The highest BCUT2D eigenvalue weighted by atomic mass is 31.0. The van der Waals surface area contributed by atoms with Crippen molar-refractivity contribution in [1.82, 2.24) is 16.0 Å². The number of nitrogens with one attached hydrogen (secondary N) is 3. The van der Waals surface area contributed by atoms with E-state index in [4.69, 9.17) is 0 Å². The monoisotopic (exact) mass is 465 g/mol. The molecule has 3 N–H and O–H groups in total. The van der Waals surface area contributed by atoms with Gasteiger partial charge in [-0.15, -0.1) is 9.24 Å². The van der Waals surface area contributed by atoms with E-state index in [1.165, 1.54) is 0 Å². The summed E-state index contributed by atoms with van der Waals surface area (Å²) in [5.41, 5.74) is 1.81. The molecule has 1 saturated heterocycles. The molecule has 1 aliphatic heterocycles. The van der Waals surface area contributed by atoms with Crippen LogP contribution in [0.1, 0.15) is 56.1 Å². The van der Waals surface area contributed by atoms with Crippen molar-refractivity contribution >= 4 is 26.4 Å². The van der Waals surface area contributed by atoms with Gasteiger partial charge in [0.15, 0.2) is 0 Å². The Morgan fingerprint density at radius 2 is 1.70 bits per heavy atom. The molecule has 1 atom stereocenters. The molecule has 0 bridgehead atoms. The zero-order valence-corrected chi connectivity index (χ0v) is 20.5. The van der Waals surface area contributed by atoms with Crippen LogP contribution in [0.4, 0.5) is 0 Å². The number of hydrogen-bond acceptors (Lipinski definition) is 3. The number of carbonyl (C=O) groups is 2. The Balaban J connectivity index is 1.25. The summed E-state index contributed by atoms with van der Waals surface area (Å²) in [5.74, 6) is 0.690. The van der Waals surface area contributed by atoms with Crippen molar-refractivity contribution in [2.24, 2.45) is 5.92 Å². The Morgan fingerprint density at radius 3 is 2.39 bits per heavy atom. The zero-order valence-electron chi connectivity index (χ0n) is 19.3. The van der Waals surface area contributed by atoms with Gasteiger partial charge >= 0.3 is 0 Å². The van der Waals surface area contributed by atoms with Crippen molar-refractivity contribution in [2.75, 3.05) is 13.1 Å². The standard InChI is InChI=1S/C27H36N3O2P/c31-25(29-19-21-5-4-8-24(33)17-21)18-20-9-11-23(12-10-20)30-26(32)27(13-15-28-16-14-27)22-6-2-1-3-7-22/h1-8,17,20,23,28H,9-16,18-19,33H2,(H,29,31)(H,30,32). The topological polar surface area (TPSA) is 70.2 Å². The van der Waals surface area contributed by atoms with E-state index >= 15 is 0 Å². The summed E-state index contributed by atoms with van der Waals surface area (Å²) < 4.78 is 0. The molecule has 0 aromatic heterocycles. The van der Waals surface area contributed by atoms with E-state index in [1.807, 2.05) is 36.4 Å². The maximum absolute atomic E-state index is 13.5. The van der Waals surface area contributed by atoms with E-state index in [0.29, 0.717) is 18.9 Å². The lowest BCUT2D eigenvalue weighted by Crippen LogP contribution is -2.53. The van der Waals surface area contributed by atoms with Crippen molar-refractivity contribution in [1.29, 1.82) is 0 Å². The fourth-order valence-electron chi connectivity index (χ4n) is 5.33. The molecule has 4 rings (SSSR count). The minimum Gasteiger partial charge on any atom is -0.353 e. The van der Waals surface area contributed by atoms with Crippen LogP contribution in [-0.4, -0.2) is 30.9 Å². The van der Waals surface area contributed by atoms with Crippen molar-refractivity contribution in [3.05, 3.63) is 65.7 Å². The number of carbonyl (C=O) groups excluding carboxylic acids is 2. The first-order valence-electron chi connectivity index (χ1n) is 12.2. The molecule has 6 heteroatoms. The maximum atomic E-state index is 13.5. The largest absolute Gasteiger partial charge is 0.353 e. The summed E-state index contributed by atoms with van der Waals surface area (Å²) >= 11 is 0. The van der Waals surface area contributed by atoms with Gasteiger partial charge in [-0.25, -0.2) is 0 Å². The second kappa shape index (κ2) is 11.3. The average molecular weight is 466 g/mol. The number of piperidine rings is 1. The van der Waals surface area contributed by atoms with Crippen molar-refractivity contribution in [3.8, 4) is 0 Å². The first kappa shape index (κ1) is 23.9. The van der Waals surface area contributed by atoms with Gasteiger partial charge in [-0.3, -0.25) is 9.59 Å². The van der Waals surface area contributed by atoms with E-state index in [9.17, 15) is 9.59 Å². The molecule has 33 heavy (non-hydrogen) atoms. The van der Waals surface area contributed by atoms with E-state index < -0.39 is 5.41 Å². The van der Waals surface area contributed by atoms with Crippen molar-refractivity contribution in [3.63, 3.8) is 0 Å². The molecule has 176 valence electrons. The molecule has 2 aromatic carbocycles. The number of amides is 2. The molecular weight excluding hydrogens is 429 g/mol. The van der Waals surface area contributed by atoms with Crippen molar-refractivity contribution in [2.45, 2.75) is 62.9 Å². The van der Waals surface area contributed by atoms with E-state index in [1.54, 1.807) is 0 Å². The highest BCUT2D eigenvalue weighted by Crippen LogP contribution is 2.35. The summed E-state index contributed by atoms with van der Waals surface area (Å²) in [6, 6.07) is 18.6. The van der Waals surface area contributed by atoms with Gasteiger partial charge < -0.3 is 16.0 Å². The summed E-state index contributed by atoms with van der Waals surface area (Å²) in [4.78, 5) is 25.9. The first-order chi connectivity index (χ1) is 16.0. The Labute approximate surface area is 199 Å². The zero-order chi connectivity index (χ0) is 23.1. The second-order valence-corrected chi connectivity index (χ2v) is 10.3. The fourth-order valence-corrected chi connectivity index (χ4v) is 5.66. The molecule has 0 radical (unpaired) electrons. The van der Waals surface area contributed by atoms with Gasteiger partial charge in [-0.2, -0.15) is 0 Å². The van der Waals surface area contributed by atoms with Crippen LogP contribution >= 0.6 is 9.24 Å². The third kappa shape index (κ3) is 6.22. The molecule has 5 nitrogen and oxygen atoms in total. The fraction of sp³-hybridized carbons (Fsp3) is 0.481. The average Bonchev–Trinajstić information content (AvgIpc) is 2.85. The van der Waals surface area contributed by atoms with Gasteiger partial charge in [0.05, 0.1) is 5.41 Å². The van der Waals surface area contributed by atoms with Crippen LogP contribution in [0.15, 0.2) is 54.6 Å². The molecule has 0 spiro atoms. The lowest BCUT2D eigenvalue weighted by molar-refractivity contribution is -0.129. The predicted octanol–water partition coefficient (Wildman–Crippen LogP) is 3.19. The number of hydrogen-bond donors (Lipinski definition) is 3. The van der Waals surface area contributed by atoms with Gasteiger partial charge in [-0.05, 0) is 74.0 Å². The van der Waals surface area contributed by atoms with Crippen LogP contribution in [0, 0.1) is 5.92 Å². The highest BCUT2D eigenvalue weighted by molar-refractivity contribution is 7.27. The third-order valence-corrected chi connectivity index (χ3v) is 7.67. The lowest BCUT2D eigenvalue weighted by Gasteiger charge is -2.39. The molecule has 2 amide bonds. The highest BCUT2D eigenvalue weighted by Gasteiger charge is 2.42. The molecule has 2 aromatic rings. The summed E-state index contributed by atoms with van der Waals surface area (Å²) in [6.45, 7) is 2.31. The maximum Gasteiger partial charge on any atom is 0.230 e. The molecule has 1 unspecified atom stereocenters. The molecule has 2 aliphatic rings. The van der Waals surface area contributed by atoms with E-state index in [2.05, 4.69) is 43.4 Å². The van der Waals surface area contributed by atoms with Crippen LogP contribution in [0.2, 0.25) is 0 Å². The van der Waals surface area contributed by atoms with Gasteiger partial charge in [-0.1, -0.05) is 54.6 Å². The summed E-state index contributed by atoms with van der Waals surface area (Å²) in [5, 5.41) is 11.0. The van der Waals surface area contributed by atoms with Gasteiger partial charge in [0, 0.05) is 19.0 Å². The second-order valence-electron chi connectivity index (χ2n) is 9.62. The van der Waals surface area contributed by atoms with Crippen LogP contribution in [0.3, 0.4) is 0 Å². The number of rotatable bonds is 7. The SMILES string of the molecule is O=C(CC1CCC(NC(=O)C2(c3ccccc3)CCNCC2)CC1)NCc1cccc(P)c1. The van der Waals surface area contributed by atoms with Crippen LogP contribution in [0.5, 0.6) is 0 Å². The Hall–Kier alpha value is -2.23. The van der Waals surface area contributed by atoms with Crippen LogP contribution in [0.25, 0.3) is 0 Å². The minimum atomic E-state index is -0.433. The molecule has 2 fully saturated rings. The quantitative estimate of drug-likeness (QED) is 0.550. The Morgan fingerprint density at radius 1 is 0.970 bits per heavy atom. The Kier molecular flexibility index (Phi) is 8.16. The van der Waals surface area contributed by atoms with E-state index in [0.717, 1.165) is 68.0 Å². The predicted molar refractivity (Wildman–Crippen MR) is 136 cm³/mol. The lowest BCUT2D eigenvalue weighted by atomic mass is 9.72. The number of benzene rings is 2. The van der Waals surface area contributed by atoms with Crippen molar-refractivity contribution < 1.29 is 9.59 Å². The Bertz CT molecular complexity index is 935. The first-order valence-corrected chi connectivity index (χ1v) is 12.8. The molecule has 1 heterocycles. The third-order valence-electron chi connectivity index (χ3n) is 7.31. The van der Waals surface area contributed by atoms with E-state index in [-0.39, 0.29) is 17.9 Å². The normalized spacial score (nSPS) is 22.3. The van der Waals surface area contributed by atoms with Gasteiger partial charge in [0.2, 0.25) is 11.8 Å². The summed E-state index contributed by atoms with van der Waals surface area (Å²) in [6.07, 6.45) is 6.10. The van der Waals surface area contributed by atoms with Crippen LogP contribution < -0.4 is 21.3 Å².